The first-order valence-electron chi connectivity index (χ1n) is 23.6. The van der Waals surface area contributed by atoms with Gasteiger partial charge in [-0.1, -0.05) is 66.2 Å². The summed E-state index contributed by atoms with van der Waals surface area (Å²) in [6.07, 6.45) is 11.9. The molecule has 1 aromatic carbocycles. The Bertz CT molecular complexity index is 2050. The Hall–Kier alpha value is -3.82. The van der Waals surface area contributed by atoms with Crippen molar-refractivity contribution in [1.82, 2.24) is 20.6 Å². The van der Waals surface area contributed by atoms with E-state index < -0.39 is 11.5 Å². The third-order valence-electron chi connectivity index (χ3n) is 18.3. The molecule has 8 rings (SSSR count). The summed E-state index contributed by atoms with van der Waals surface area (Å²) < 4.78 is 0. The van der Waals surface area contributed by atoms with Gasteiger partial charge < -0.3 is 20.7 Å². The zero-order valence-electron chi connectivity index (χ0n) is 38.7. The topological polar surface area (TPSA) is 158 Å². The summed E-state index contributed by atoms with van der Waals surface area (Å²) >= 11 is 0. The number of nitrogens with one attached hydrogen (secondary N) is 3. The summed E-state index contributed by atoms with van der Waals surface area (Å²) in [5, 5.41) is 15.2. The summed E-state index contributed by atoms with van der Waals surface area (Å²) in [5.74, 6) is 2.63. The van der Waals surface area contributed by atoms with Gasteiger partial charge in [0.1, 0.15) is 17.1 Å². The van der Waals surface area contributed by atoms with Crippen molar-refractivity contribution >= 4 is 40.9 Å². The van der Waals surface area contributed by atoms with Gasteiger partial charge in [-0.05, 0) is 160 Å². The van der Waals surface area contributed by atoms with Crippen molar-refractivity contribution in [3.63, 3.8) is 0 Å². The number of para-hydroxylation sites is 2. The maximum atomic E-state index is 13.9. The first kappa shape index (κ1) is 45.2. The van der Waals surface area contributed by atoms with Gasteiger partial charge in [-0.25, -0.2) is 4.98 Å². The molecule has 61 heavy (non-hydrogen) atoms. The van der Waals surface area contributed by atoms with Crippen LogP contribution in [0.3, 0.4) is 0 Å². The van der Waals surface area contributed by atoms with Crippen molar-refractivity contribution in [1.29, 1.82) is 0 Å². The van der Waals surface area contributed by atoms with E-state index >= 15 is 0 Å². The molecule has 0 saturated heterocycles. The van der Waals surface area contributed by atoms with Crippen molar-refractivity contribution < 1.29 is 29.1 Å². The number of allylic oxidation sites excluding steroid dienone is 2. The molecule has 1 aromatic heterocycles. The molecule has 5 saturated carbocycles. The number of carboxylic acids is 1. The van der Waals surface area contributed by atoms with Gasteiger partial charge in [0.15, 0.2) is 5.78 Å². The molecule has 11 unspecified atom stereocenters. The van der Waals surface area contributed by atoms with Crippen LogP contribution < -0.4 is 10.6 Å². The van der Waals surface area contributed by atoms with Crippen molar-refractivity contribution in [3.8, 4) is 0 Å². The molecule has 6 aliphatic rings. The minimum absolute atomic E-state index is 0.0349. The highest BCUT2D eigenvalue weighted by Gasteiger charge is 2.66. The van der Waals surface area contributed by atoms with Gasteiger partial charge in [0, 0.05) is 30.7 Å². The van der Waals surface area contributed by atoms with E-state index in [2.05, 4.69) is 62.1 Å². The Balaban J connectivity index is 0.000000487. The minimum Gasteiger partial charge on any atom is -0.481 e. The fourth-order valence-corrected chi connectivity index (χ4v) is 15.0. The fourth-order valence-electron chi connectivity index (χ4n) is 15.0. The molecule has 6 aliphatic carbocycles. The van der Waals surface area contributed by atoms with E-state index in [0.29, 0.717) is 67.6 Å². The maximum Gasteiger partial charge on any atom is 0.306 e. The third-order valence-corrected chi connectivity index (χ3v) is 18.3. The molecule has 1 heterocycles. The lowest BCUT2D eigenvalue weighted by molar-refractivity contribution is -0.193. The number of hydrogen-bond acceptors (Lipinski definition) is 6. The summed E-state index contributed by atoms with van der Waals surface area (Å²) in [7, 11) is 0. The van der Waals surface area contributed by atoms with Gasteiger partial charge in [0.25, 0.3) is 0 Å². The maximum absolute atomic E-state index is 13.9. The number of nitrogens with zero attached hydrogens (tertiary/aromatic N) is 1. The molecule has 0 bridgehead atoms. The molecule has 334 valence electrons. The molecule has 11 atom stereocenters. The Morgan fingerprint density at radius 1 is 0.967 bits per heavy atom. The number of carbonyl (C=O) groups excluding carboxylic acids is 4. The van der Waals surface area contributed by atoms with Crippen LogP contribution in [-0.4, -0.2) is 57.0 Å². The molecule has 0 aliphatic heterocycles. The Kier molecular flexibility index (Phi) is 12.1. The highest BCUT2D eigenvalue weighted by molar-refractivity contribution is 6.00. The van der Waals surface area contributed by atoms with Crippen LogP contribution in [-0.2, 0) is 24.0 Å². The Labute approximate surface area is 364 Å². The first-order chi connectivity index (χ1) is 28.6. The average molecular weight is 839 g/mol. The zero-order valence-corrected chi connectivity index (χ0v) is 38.7. The van der Waals surface area contributed by atoms with Crippen LogP contribution in [0.15, 0.2) is 35.4 Å². The van der Waals surface area contributed by atoms with Gasteiger partial charge in [0.2, 0.25) is 12.3 Å². The lowest BCUT2D eigenvalue weighted by Gasteiger charge is -2.69. The Morgan fingerprint density at radius 2 is 1.67 bits per heavy atom. The summed E-state index contributed by atoms with van der Waals surface area (Å²) in [5.41, 5.74) is 3.88. The normalized spacial score (nSPS) is 36.3. The number of aromatic nitrogens is 2. The number of H-pyrrole nitrogens is 1. The van der Waals surface area contributed by atoms with Gasteiger partial charge in [0.05, 0.1) is 17.0 Å². The first-order valence-corrected chi connectivity index (χ1v) is 23.6. The summed E-state index contributed by atoms with van der Waals surface area (Å²) in [4.78, 5) is 70.4. The summed E-state index contributed by atoms with van der Waals surface area (Å²) in [6, 6.07) is 8.01. The number of rotatable bonds is 11. The van der Waals surface area contributed by atoms with E-state index in [1.807, 2.05) is 38.1 Å². The molecule has 4 N–H and O–H groups in total. The van der Waals surface area contributed by atoms with E-state index in [4.69, 9.17) is 0 Å². The molecular weight excluding hydrogens is 765 g/mol. The van der Waals surface area contributed by atoms with E-state index in [0.717, 1.165) is 61.0 Å². The average Bonchev–Trinajstić information content (AvgIpc) is 3.71. The highest BCUT2D eigenvalue weighted by Crippen LogP contribution is 2.74. The molecule has 0 spiro atoms. The number of carbonyl (C=O) groups is 5. The lowest BCUT2D eigenvalue weighted by atomic mass is 9.35. The predicted molar refractivity (Wildman–Crippen MR) is 238 cm³/mol. The van der Waals surface area contributed by atoms with Crippen LogP contribution in [0.4, 0.5) is 0 Å². The summed E-state index contributed by atoms with van der Waals surface area (Å²) in [6.45, 7) is 22.2. The largest absolute Gasteiger partial charge is 0.481 e. The number of benzene rings is 1. The minimum atomic E-state index is -0.990. The van der Waals surface area contributed by atoms with Crippen LogP contribution in [0.2, 0.25) is 0 Å². The number of fused-ring (bicyclic) bond motifs is 8. The number of aromatic amines is 1. The van der Waals surface area contributed by atoms with Crippen LogP contribution in [0, 0.1) is 81.8 Å². The second kappa shape index (κ2) is 16.4. The number of aryl methyl sites for hydroxylation is 1. The molecule has 0 radical (unpaired) electrons. The van der Waals surface area contributed by atoms with Crippen LogP contribution >= 0.6 is 0 Å². The van der Waals surface area contributed by atoms with E-state index in [9.17, 15) is 29.1 Å². The molecule has 10 heteroatoms. The third kappa shape index (κ3) is 7.72. The SMILES string of the molecule is CC(C)C1=C2C3CCC4C(C)(CCC5C(C)(C)C(CC(=O)C6CC(C(=O)O)C6C)CCC54C)C3CCC2(CCNC(=O)C(C)(C)NC=O)CC1=O.Cc1nc2ccccc2[nH]1. The monoisotopic (exact) mass is 839 g/mol. The van der Waals surface area contributed by atoms with E-state index in [-0.39, 0.29) is 57.0 Å². The molecule has 10 nitrogen and oxygen atoms in total. The van der Waals surface area contributed by atoms with Crippen LogP contribution in [0.5, 0.6) is 0 Å². The number of imidazole rings is 1. The standard InChI is InChI=1S/C43H66N2O6.C8H8N2/c1-24(2)35-32(48)22-43(18-19-44-38(51)40(6,7)45-23-46)17-13-30-27(36(35)43)10-11-34-41(30,8)16-14-33-39(4,5)26(12-15-42(33,34)9)20-31(47)28-21-29(25(28)3)37(49)50;1-6-9-7-4-2-3-5-8(7)10-6/h23-30,33-34H,10-22H2,1-9H3,(H,44,51)(H,45,46)(H,49,50);2-5H,1H3,(H,9,10). The van der Waals surface area contributed by atoms with E-state index in [1.54, 1.807) is 13.8 Å². The second-order valence-corrected chi connectivity index (χ2v) is 22.5. The Morgan fingerprint density at radius 3 is 2.33 bits per heavy atom. The number of aliphatic carboxylic acids is 1. The van der Waals surface area contributed by atoms with Crippen molar-refractivity contribution in [2.45, 2.75) is 152 Å². The van der Waals surface area contributed by atoms with Gasteiger partial charge in [-0.2, -0.15) is 0 Å². The molecule has 5 fully saturated rings. The number of amides is 2. The number of hydrogen-bond donors (Lipinski definition) is 4. The van der Waals surface area contributed by atoms with Gasteiger partial charge in [-0.15, -0.1) is 0 Å². The quantitative estimate of drug-likeness (QED) is 0.164. The zero-order chi connectivity index (χ0) is 44.4. The number of Topliss-reactive ketones (excluding diaryl/α,β-unsaturated/α-hetero) is 2. The second-order valence-electron chi connectivity index (χ2n) is 22.5. The van der Waals surface area contributed by atoms with Crippen LogP contribution in [0.25, 0.3) is 11.0 Å². The van der Waals surface area contributed by atoms with Gasteiger partial charge >= 0.3 is 5.97 Å². The number of ketones is 2. The van der Waals surface area contributed by atoms with Crippen LogP contribution in [0.1, 0.15) is 145 Å². The number of carboxylic acid groups (broad SMARTS) is 1. The fraction of sp³-hybridized carbons (Fsp3) is 0.725. The lowest BCUT2D eigenvalue weighted by Crippen LogP contribution is -2.62. The van der Waals surface area contributed by atoms with Crippen molar-refractivity contribution in [2.24, 2.45) is 74.9 Å². The molecule has 2 amide bonds. The van der Waals surface area contributed by atoms with Gasteiger partial charge in [-0.3, -0.25) is 24.0 Å². The smallest absolute Gasteiger partial charge is 0.306 e. The predicted octanol–water partition coefficient (Wildman–Crippen LogP) is 9.41. The van der Waals surface area contributed by atoms with Crippen molar-refractivity contribution in [3.05, 3.63) is 41.2 Å². The highest BCUT2D eigenvalue weighted by atomic mass is 16.4. The molecule has 2 aromatic rings. The van der Waals surface area contributed by atoms with E-state index in [1.165, 1.54) is 24.8 Å². The van der Waals surface area contributed by atoms with Crippen molar-refractivity contribution in [2.75, 3.05) is 6.54 Å². The molecular formula is C51H74N4O6.